The predicted molar refractivity (Wildman–Crippen MR) is 45.9 cm³/mol. The SMILES string of the molecule is CC[N+](CC)(CC)CC[NH-]. The zero-order valence-corrected chi connectivity index (χ0v) is 7.48. The topological polar surface area (TPSA) is 23.8 Å². The molecule has 0 aliphatic rings. The Labute approximate surface area is 64.6 Å². The fourth-order valence-corrected chi connectivity index (χ4v) is 1.38. The van der Waals surface area contributed by atoms with Gasteiger partial charge in [0, 0.05) is 0 Å². The normalized spacial score (nSPS) is 12.0. The average molecular weight is 144 g/mol. The molecule has 0 aromatic rings. The molecule has 0 aliphatic carbocycles. The van der Waals surface area contributed by atoms with E-state index in [9.17, 15) is 0 Å². The smallest absolute Gasteiger partial charge is 0.0757 e. The number of quaternary nitrogens is 1. The van der Waals surface area contributed by atoms with E-state index < -0.39 is 0 Å². The lowest BCUT2D eigenvalue weighted by Crippen LogP contribution is -2.48. The number of rotatable bonds is 5. The van der Waals surface area contributed by atoms with Gasteiger partial charge in [0.1, 0.15) is 0 Å². The van der Waals surface area contributed by atoms with Crippen molar-refractivity contribution in [3.05, 3.63) is 5.73 Å². The van der Waals surface area contributed by atoms with Crippen molar-refractivity contribution in [2.24, 2.45) is 0 Å². The summed E-state index contributed by atoms with van der Waals surface area (Å²) in [6.07, 6.45) is 0. The molecule has 0 unspecified atom stereocenters. The number of hydrogen-bond donors (Lipinski definition) is 0. The van der Waals surface area contributed by atoms with E-state index in [0.29, 0.717) is 6.54 Å². The van der Waals surface area contributed by atoms with Crippen molar-refractivity contribution in [3.8, 4) is 0 Å². The van der Waals surface area contributed by atoms with Crippen LogP contribution in [0.4, 0.5) is 0 Å². The molecule has 0 fully saturated rings. The van der Waals surface area contributed by atoms with Crippen LogP contribution in [0.5, 0.6) is 0 Å². The van der Waals surface area contributed by atoms with Crippen molar-refractivity contribution in [1.29, 1.82) is 0 Å². The monoisotopic (exact) mass is 144 g/mol. The van der Waals surface area contributed by atoms with Crippen LogP contribution in [0.25, 0.3) is 5.73 Å². The van der Waals surface area contributed by atoms with Crippen molar-refractivity contribution in [2.75, 3.05) is 32.7 Å². The summed E-state index contributed by atoms with van der Waals surface area (Å²) in [7, 11) is 0. The summed E-state index contributed by atoms with van der Waals surface area (Å²) in [5.41, 5.74) is 7.15. The Hall–Kier alpha value is -0.0800. The van der Waals surface area contributed by atoms with Gasteiger partial charge in [0.05, 0.1) is 26.2 Å². The second-order valence-electron chi connectivity index (χ2n) is 2.76. The Bertz CT molecular complexity index is 69.1. The quantitative estimate of drug-likeness (QED) is 0.526. The van der Waals surface area contributed by atoms with E-state index in [4.69, 9.17) is 5.73 Å². The Morgan fingerprint density at radius 2 is 1.40 bits per heavy atom. The molecule has 0 amide bonds. The van der Waals surface area contributed by atoms with E-state index in [-0.39, 0.29) is 0 Å². The van der Waals surface area contributed by atoms with Gasteiger partial charge in [-0.05, 0) is 20.8 Å². The second-order valence-corrected chi connectivity index (χ2v) is 2.76. The third-order valence-electron chi connectivity index (χ3n) is 2.60. The lowest BCUT2D eigenvalue weighted by atomic mass is 10.3. The van der Waals surface area contributed by atoms with Gasteiger partial charge in [-0.2, -0.15) is 0 Å². The molecular formula is C8H20N2. The van der Waals surface area contributed by atoms with Crippen LogP contribution in [0, 0.1) is 0 Å². The van der Waals surface area contributed by atoms with E-state index in [1.54, 1.807) is 0 Å². The van der Waals surface area contributed by atoms with Crippen molar-refractivity contribution in [3.63, 3.8) is 0 Å². The third kappa shape index (κ3) is 2.27. The standard InChI is InChI=1S/C8H20N2/c1-4-10(5-2,6-3)8-7-9/h9H,4-8H2,1-3H3. The number of nitrogens with one attached hydrogen (secondary N) is 1. The maximum absolute atomic E-state index is 7.15. The van der Waals surface area contributed by atoms with Gasteiger partial charge in [-0.15, -0.1) is 6.54 Å². The molecule has 2 nitrogen and oxygen atoms in total. The van der Waals surface area contributed by atoms with Crippen molar-refractivity contribution in [1.82, 2.24) is 0 Å². The summed E-state index contributed by atoms with van der Waals surface area (Å²) in [5, 5.41) is 0. The molecule has 0 radical (unpaired) electrons. The zero-order valence-electron chi connectivity index (χ0n) is 7.48. The fraction of sp³-hybridized carbons (Fsp3) is 1.00. The summed E-state index contributed by atoms with van der Waals surface area (Å²) in [4.78, 5) is 0. The molecule has 0 rings (SSSR count). The van der Waals surface area contributed by atoms with E-state index in [2.05, 4.69) is 20.8 Å². The van der Waals surface area contributed by atoms with E-state index in [1.165, 1.54) is 19.6 Å². The molecule has 0 saturated heterocycles. The lowest BCUT2D eigenvalue weighted by molar-refractivity contribution is -0.921. The van der Waals surface area contributed by atoms with Crippen molar-refractivity contribution in [2.45, 2.75) is 20.8 Å². The molecule has 0 saturated carbocycles. The second kappa shape index (κ2) is 4.69. The summed E-state index contributed by atoms with van der Waals surface area (Å²) < 4.78 is 1.11. The number of hydrogen-bond acceptors (Lipinski definition) is 0. The summed E-state index contributed by atoms with van der Waals surface area (Å²) in [6, 6.07) is 0. The average Bonchev–Trinajstić information content (AvgIpc) is 2.01. The molecule has 62 valence electrons. The van der Waals surface area contributed by atoms with Crippen LogP contribution in [-0.2, 0) is 0 Å². The van der Waals surface area contributed by atoms with Gasteiger partial charge in [-0.3, -0.25) is 0 Å². The van der Waals surface area contributed by atoms with Gasteiger partial charge in [0.2, 0.25) is 0 Å². The van der Waals surface area contributed by atoms with E-state index >= 15 is 0 Å². The number of nitrogens with zero attached hydrogens (tertiary/aromatic N) is 1. The van der Waals surface area contributed by atoms with Crippen LogP contribution in [0.15, 0.2) is 0 Å². The van der Waals surface area contributed by atoms with Gasteiger partial charge in [-0.1, -0.05) is 0 Å². The van der Waals surface area contributed by atoms with Crippen LogP contribution in [-0.4, -0.2) is 37.2 Å². The predicted octanol–water partition coefficient (Wildman–Crippen LogP) is 1.92. The largest absolute Gasteiger partial charge is 0.673 e. The zero-order chi connectivity index (χ0) is 8.04. The molecule has 0 aromatic heterocycles. The van der Waals surface area contributed by atoms with Crippen LogP contribution in [0.2, 0.25) is 0 Å². The highest BCUT2D eigenvalue weighted by Crippen LogP contribution is 2.04. The van der Waals surface area contributed by atoms with Crippen LogP contribution in [0.3, 0.4) is 0 Å². The summed E-state index contributed by atoms with van der Waals surface area (Å²) in [5.74, 6) is 0. The first kappa shape index (κ1) is 9.92. The van der Waals surface area contributed by atoms with Crippen molar-refractivity contribution < 1.29 is 4.48 Å². The molecule has 0 aliphatic heterocycles. The first-order chi connectivity index (χ1) is 4.74. The molecule has 0 aromatic carbocycles. The Balaban J connectivity index is 3.87. The molecule has 0 spiro atoms. The molecule has 0 bridgehead atoms. The highest BCUT2D eigenvalue weighted by Gasteiger charge is 2.16. The van der Waals surface area contributed by atoms with E-state index in [0.717, 1.165) is 11.0 Å². The van der Waals surface area contributed by atoms with Gasteiger partial charge < -0.3 is 10.2 Å². The minimum absolute atomic E-state index is 0.565. The first-order valence-electron chi connectivity index (χ1n) is 4.24. The van der Waals surface area contributed by atoms with E-state index in [1.807, 2.05) is 0 Å². The van der Waals surface area contributed by atoms with Gasteiger partial charge in [-0.25, -0.2) is 0 Å². The van der Waals surface area contributed by atoms with Gasteiger partial charge >= 0.3 is 0 Å². The van der Waals surface area contributed by atoms with Crippen LogP contribution < -0.4 is 0 Å². The molecule has 0 heterocycles. The van der Waals surface area contributed by atoms with Crippen LogP contribution >= 0.6 is 0 Å². The Morgan fingerprint density at radius 1 is 1.00 bits per heavy atom. The highest BCUT2D eigenvalue weighted by atomic mass is 15.3. The maximum Gasteiger partial charge on any atom is 0.0757 e. The molecule has 10 heavy (non-hydrogen) atoms. The fourth-order valence-electron chi connectivity index (χ4n) is 1.38. The third-order valence-corrected chi connectivity index (χ3v) is 2.60. The van der Waals surface area contributed by atoms with Crippen LogP contribution in [0.1, 0.15) is 20.8 Å². The maximum atomic E-state index is 7.15. The van der Waals surface area contributed by atoms with Gasteiger partial charge in [0.15, 0.2) is 0 Å². The number of likely N-dealkylation sites (N-methyl/N-ethyl adjacent to an activating group) is 1. The summed E-state index contributed by atoms with van der Waals surface area (Å²) in [6.45, 7) is 11.7. The minimum atomic E-state index is 0.565. The minimum Gasteiger partial charge on any atom is -0.673 e. The Kier molecular flexibility index (Phi) is 4.65. The molecule has 2 heteroatoms. The summed E-state index contributed by atoms with van der Waals surface area (Å²) >= 11 is 0. The molecule has 1 N–H and O–H groups in total. The lowest BCUT2D eigenvalue weighted by Gasteiger charge is -2.36. The Morgan fingerprint density at radius 3 is 1.50 bits per heavy atom. The molecule has 0 atom stereocenters. The van der Waals surface area contributed by atoms with Gasteiger partial charge in [0.25, 0.3) is 0 Å². The highest BCUT2D eigenvalue weighted by molar-refractivity contribution is 4.49. The molecular weight excluding hydrogens is 124 g/mol. The van der Waals surface area contributed by atoms with Crippen molar-refractivity contribution >= 4 is 0 Å². The first-order valence-corrected chi connectivity index (χ1v) is 4.24.